The van der Waals surface area contributed by atoms with Gasteiger partial charge in [-0.05, 0) is 89.8 Å². The van der Waals surface area contributed by atoms with Gasteiger partial charge in [-0.25, -0.2) is 0 Å². The van der Waals surface area contributed by atoms with Crippen molar-refractivity contribution in [3.63, 3.8) is 0 Å². The van der Waals surface area contributed by atoms with Gasteiger partial charge in [-0.3, -0.25) is 34.0 Å². The first-order chi connectivity index (χ1) is 29.4. The molecule has 0 aromatic heterocycles. The van der Waals surface area contributed by atoms with E-state index in [4.69, 9.17) is 40.1 Å². The van der Waals surface area contributed by atoms with Crippen molar-refractivity contribution in [2.24, 2.45) is 50.1 Å². The zero-order valence-corrected chi connectivity index (χ0v) is 37.3. The van der Waals surface area contributed by atoms with Crippen LogP contribution in [0.15, 0.2) is 76.7 Å². The molecular weight excluding hydrogens is 803 g/mol. The highest BCUT2D eigenvalue weighted by atomic mass is 16.2. The Morgan fingerprint density at radius 2 is 0.889 bits per heavy atom. The fraction of sp³-hybridized carbons (Fsp3) is 0.444. The van der Waals surface area contributed by atoms with Crippen LogP contribution in [0.2, 0.25) is 0 Å². The van der Waals surface area contributed by atoms with Crippen LogP contribution in [-0.4, -0.2) is 78.7 Å². The van der Waals surface area contributed by atoms with Crippen LogP contribution >= 0.6 is 0 Å². The fourth-order valence-corrected chi connectivity index (χ4v) is 6.45. The number of anilines is 2. The largest absolute Gasteiger partial charge is 0.370 e. The third-order valence-corrected chi connectivity index (χ3v) is 10.1. The molecule has 3 aromatic rings. The van der Waals surface area contributed by atoms with Gasteiger partial charge in [0.2, 0.25) is 29.5 Å². The van der Waals surface area contributed by atoms with Crippen LogP contribution in [0.25, 0.3) is 0 Å². The Hall–Kier alpha value is -6.53. The summed E-state index contributed by atoms with van der Waals surface area (Å²) >= 11 is 0. The van der Waals surface area contributed by atoms with Gasteiger partial charge < -0.3 is 61.4 Å². The van der Waals surface area contributed by atoms with Crippen molar-refractivity contribution in [2.45, 2.75) is 115 Å². The van der Waals surface area contributed by atoms with Crippen LogP contribution < -0.4 is 61.4 Å². The highest BCUT2D eigenvalue weighted by Gasteiger charge is 2.27. The number of carbonyl (C=O) groups is 5. The molecule has 0 heterocycles. The average Bonchev–Trinajstić information content (AvgIpc) is 3.19. The van der Waals surface area contributed by atoms with Gasteiger partial charge >= 0.3 is 0 Å². The van der Waals surface area contributed by atoms with Crippen LogP contribution in [0.3, 0.4) is 0 Å². The number of nitrogens with one attached hydrogen (secondary N) is 4. The lowest BCUT2D eigenvalue weighted by Gasteiger charge is -2.22. The number of nitrogens with zero attached hydrogens (tertiary/aromatic N) is 2. The normalized spacial score (nSPS) is 13.3. The van der Waals surface area contributed by atoms with E-state index in [1.54, 1.807) is 0 Å². The molecule has 0 aliphatic carbocycles. The Balaban J connectivity index is 1.81. The first-order valence-corrected chi connectivity index (χ1v) is 20.9. The van der Waals surface area contributed by atoms with Gasteiger partial charge in [-0.1, -0.05) is 90.1 Å². The molecule has 4 unspecified atom stereocenters. The molecule has 4 atom stereocenters. The van der Waals surface area contributed by atoms with Crippen molar-refractivity contribution in [1.82, 2.24) is 10.6 Å². The molecule has 0 bridgehead atoms. The fourth-order valence-electron chi connectivity index (χ4n) is 6.45. The van der Waals surface area contributed by atoms with E-state index < -0.39 is 53.7 Å². The van der Waals surface area contributed by atoms with Crippen molar-refractivity contribution in [2.75, 3.05) is 23.7 Å². The van der Waals surface area contributed by atoms with E-state index in [0.717, 1.165) is 22.3 Å². The summed E-state index contributed by atoms with van der Waals surface area (Å²) in [6.45, 7) is 13.0. The minimum Gasteiger partial charge on any atom is -0.370 e. The first kappa shape index (κ1) is 50.8. The van der Waals surface area contributed by atoms with Gasteiger partial charge in [0, 0.05) is 30.0 Å². The lowest BCUT2D eigenvalue weighted by molar-refractivity contribution is -0.127. The van der Waals surface area contributed by atoms with E-state index in [1.807, 2.05) is 48.5 Å². The Kier molecular flexibility index (Phi) is 18.6. The highest BCUT2D eigenvalue weighted by Crippen LogP contribution is 2.24. The quantitative estimate of drug-likeness (QED) is 0.0414. The van der Waals surface area contributed by atoms with Gasteiger partial charge in [0.15, 0.2) is 11.9 Å². The number of aliphatic imine (C=N–C) groups is 2. The molecule has 3 rings (SSSR count). The molecule has 342 valence electrons. The van der Waals surface area contributed by atoms with Crippen LogP contribution in [-0.2, 0) is 42.8 Å². The molecule has 18 heteroatoms. The smallest absolute Gasteiger partial charge is 0.248 e. The van der Waals surface area contributed by atoms with Crippen molar-refractivity contribution in [3.8, 4) is 0 Å². The standard InChI is InChI=1S/C45H67N13O5/c1-44(2,3)29-15-11-26(12-16-29)21-33(46)38(60)57-35(9-7-19-53-42(49)50)40(62)55-31-23-28(37(48)59)24-32(25-31)56-41(63)36(10-8-20-54-43(51)52)58-39(61)34(47)22-27-13-17-30(18-14-27)45(4,5)6/h11-18,23-25,33-36H,7-10,19-22,46-47H2,1-6H3,(H2,48,59)(H,55,62)(H,56,63)(H,57,60)(H,58,61)(H4,49,50,53)(H4,51,52,54). The average molecular weight is 870 g/mol. The predicted octanol–water partition coefficient (Wildman–Crippen LogP) is 1.47. The molecule has 0 fully saturated rings. The van der Waals surface area contributed by atoms with Crippen LogP contribution in [0, 0.1) is 0 Å². The minimum absolute atomic E-state index is 0.0499. The summed E-state index contributed by atoms with van der Waals surface area (Å²) in [6.07, 6.45) is 1.29. The molecule has 0 radical (unpaired) electrons. The van der Waals surface area contributed by atoms with Crippen LogP contribution in [0.4, 0.5) is 11.4 Å². The summed E-state index contributed by atoms with van der Waals surface area (Å²) in [6, 6.07) is 15.5. The van der Waals surface area contributed by atoms with E-state index in [2.05, 4.69) is 72.8 Å². The lowest BCUT2D eigenvalue weighted by Crippen LogP contribution is -2.50. The molecule has 18 N–H and O–H groups in total. The van der Waals surface area contributed by atoms with E-state index >= 15 is 0 Å². The summed E-state index contributed by atoms with van der Waals surface area (Å²) in [4.78, 5) is 74.9. The van der Waals surface area contributed by atoms with Crippen LogP contribution in [0.1, 0.15) is 99.8 Å². The van der Waals surface area contributed by atoms with Gasteiger partial charge in [0.1, 0.15) is 12.1 Å². The number of nitrogens with two attached hydrogens (primary N) is 7. The second-order valence-corrected chi connectivity index (χ2v) is 17.7. The summed E-state index contributed by atoms with van der Waals surface area (Å²) in [7, 11) is 0. The summed E-state index contributed by atoms with van der Waals surface area (Å²) < 4.78 is 0. The molecule has 0 spiro atoms. The Labute approximate surface area is 370 Å². The first-order valence-electron chi connectivity index (χ1n) is 20.9. The Morgan fingerprint density at radius 1 is 0.540 bits per heavy atom. The maximum Gasteiger partial charge on any atom is 0.248 e. The van der Waals surface area contributed by atoms with Crippen molar-refractivity contribution in [1.29, 1.82) is 0 Å². The summed E-state index contributed by atoms with van der Waals surface area (Å²) in [5.74, 6) is -3.55. The number of primary amides is 1. The number of carbonyl (C=O) groups excluding carboxylic acids is 5. The maximum atomic E-state index is 13.8. The van der Waals surface area contributed by atoms with Gasteiger partial charge in [0.25, 0.3) is 0 Å². The third kappa shape index (κ3) is 17.4. The highest BCUT2D eigenvalue weighted by molar-refractivity contribution is 6.03. The zero-order valence-electron chi connectivity index (χ0n) is 37.3. The second-order valence-electron chi connectivity index (χ2n) is 17.7. The van der Waals surface area contributed by atoms with Gasteiger partial charge in [0.05, 0.1) is 12.1 Å². The van der Waals surface area contributed by atoms with E-state index in [-0.39, 0.29) is 78.5 Å². The molecular formula is C45H67N13O5. The summed E-state index contributed by atoms with van der Waals surface area (Å²) in [5, 5.41) is 10.9. The minimum atomic E-state index is -1.11. The molecule has 0 saturated heterocycles. The molecule has 3 aromatic carbocycles. The lowest BCUT2D eigenvalue weighted by atomic mass is 9.86. The van der Waals surface area contributed by atoms with E-state index in [1.165, 1.54) is 18.2 Å². The van der Waals surface area contributed by atoms with Gasteiger partial charge in [-0.15, -0.1) is 0 Å². The van der Waals surface area contributed by atoms with Crippen molar-refractivity contribution >= 4 is 52.8 Å². The number of hydrogen-bond acceptors (Lipinski definition) is 9. The molecule has 18 nitrogen and oxygen atoms in total. The number of rotatable bonds is 21. The second kappa shape index (κ2) is 23.1. The monoisotopic (exact) mass is 870 g/mol. The Morgan fingerprint density at radius 3 is 1.19 bits per heavy atom. The molecule has 5 amide bonds. The maximum absolute atomic E-state index is 13.8. The van der Waals surface area contributed by atoms with E-state index in [9.17, 15) is 24.0 Å². The van der Waals surface area contributed by atoms with Crippen molar-refractivity contribution in [3.05, 3.63) is 94.5 Å². The Bertz CT molecular complexity index is 1960. The molecule has 0 aliphatic heterocycles. The predicted molar refractivity (Wildman–Crippen MR) is 250 cm³/mol. The zero-order chi connectivity index (χ0) is 47.1. The SMILES string of the molecule is CC(C)(C)c1ccc(CC(N)C(=O)NC(CCCN=C(N)N)C(=O)Nc2cc(NC(=O)C(CCCN=C(N)N)NC(=O)C(N)Cc3ccc(C(C)(C)C)cc3)cc(C(N)=O)c2)cc1. The number of benzene rings is 3. The number of amides is 5. The van der Waals surface area contributed by atoms with Gasteiger partial charge in [-0.2, -0.15) is 0 Å². The third-order valence-electron chi connectivity index (χ3n) is 10.1. The van der Waals surface area contributed by atoms with Crippen molar-refractivity contribution < 1.29 is 24.0 Å². The molecule has 0 aliphatic rings. The van der Waals surface area contributed by atoms with Crippen LogP contribution in [0.5, 0.6) is 0 Å². The molecule has 0 saturated carbocycles. The topological polar surface area (TPSA) is 340 Å². The number of guanidine groups is 2. The molecule has 63 heavy (non-hydrogen) atoms. The van der Waals surface area contributed by atoms with E-state index in [0.29, 0.717) is 12.8 Å². The summed E-state index contributed by atoms with van der Waals surface area (Å²) in [5.41, 5.74) is 44.2. The number of hydrogen-bond donors (Lipinski definition) is 11.